The van der Waals surface area contributed by atoms with Crippen LogP contribution in [0.25, 0.3) is 0 Å². The molecule has 0 bridgehead atoms. The normalized spacial score (nSPS) is 25.1. The van der Waals surface area contributed by atoms with E-state index in [-0.39, 0.29) is 0 Å². The van der Waals surface area contributed by atoms with Crippen molar-refractivity contribution in [1.82, 2.24) is 20.2 Å². The van der Waals surface area contributed by atoms with Gasteiger partial charge in [-0.25, -0.2) is 14.8 Å². The molecule has 1 saturated carbocycles. The van der Waals surface area contributed by atoms with Gasteiger partial charge in [-0.05, 0) is 25.3 Å². The standard InChI is InChI=1S/C13H20N4O.C9H13N3O3/c1-2-10-9-12(14-11-3-4-11)16-13(15-10)17-5-7-18-8-6-17;13-8(14)9(1-2-10-7-11-9)12-3-5-15-6-4-12/h9,11H,2-8H2,1H3,(H,14,15,16);1-2,7H,3-6H2,(H,10,11)(H,13,14). The molecule has 4 aliphatic rings. The molecule has 3 fully saturated rings. The summed E-state index contributed by atoms with van der Waals surface area (Å²) in [6, 6.07) is 2.70. The average molecular weight is 460 g/mol. The Morgan fingerprint density at radius 3 is 2.45 bits per heavy atom. The van der Waals surface area contributed by atoms with Gasteiger partial charge in [-0.15, -0.1) is 0 Å². The zero-order valence-corrected chi connectivity index (χ0v) is 19.1. The molecule has 2 saturated heterocycles. The van der Waals surface area contributed by atoms with Gasteiger partial charge in [-0.1, -0.05) is 6.92 Å². The molecular weight excluding hydrogens is 426 g/mol. The molecule has 0 spiro atoms. The summed E-state index contributed by atoms with van der Waals surface area (Å²) < 4.78 is 10.6. The van der Waals surface area contributed by atoms with Gasteiger partial charge in [0.15, 0.2) is 0 Å². The van der Waals surface area contributed by atoms with Gasteiger partial charge in [-0.3, -0.25) is 4.90 Å². The van der Waals surface area contributed by atoms with Crippen LogP contribution in [0.4, 0.5) is 11.8 Å². The third kappa shape index (κ3) is 5.98. The molecule has 5 rings (SSSR count). The zero-order valence-electron chi connectivity index (χ0n) is 19.1. The predicted molar refractivity (Wildman–Crippen MR) is 125 cm³/mol. The Morgan fingerprint density at radius 1 is 1.18 bits per heavy atom. The number of morpholine rings is 2. The molecule has 1 atom stereocenters. The van der Waals surface area contributed by atoms with Crippen LogP contribution in [0.2, 0.25) is 0 Å². The number of aliphatic carboxylic acids is 1. The number of aliphatic imine (C=N–C) groups is 1. The van der Waals surface area contributed by atoms with E-state index in [1.54, 1.807) is 17.2 Å². The molecule has 4 heterocycles. The number of hydrogen-bond donors (Lipinski definition) is 3. The lowest BCUT2D eigenvalue weighted by atomic mass is 10.1. The van der Waals surface area contributed by atoms with Crippen molar-refractivity contribution in [3.63, 3.8) is 0 Å². The van der Waals surface area contributed by atoms with Crippen LogP contribution in [0.3, 0.4) is 0 Å². The van der Waals surface area contributed by atoms with Crippen LogP contribution in [0, 0.1) is 0 Å². The number of aromatic nitrogens is 2. The molecule has 11 nitrogen and oxygen atoms in total. The van der Waals surface area contributed by atoms with Gasteiger partial charge in [0.25, 0.3) is 0 Å². The van der Waals surface area contributed by atoms with Crippen molar-refractivity contribution in [1.29, 1.82) is 0 Å². The van der Waals surface area contributed by atoms with E-state index in [2.05, 4.69) is 43.5 Å². The maximum Gasteiger partial charge on any atom is 0.351 e. The van der Waals surface area contributed by atoms with Gasteiger partial charge in [0.2, 0.25) is 11.6 Å². The van der Waals surface area contributed by atoms with Crippen LogP contribution in [0.1, 0.15) is 25.5 Å². The summed E-state index contributed by atoms with van der Waals surface area (Å²) in [4.78, 5) is 28.6. The average Bonchev–Trinajstić information content (AvgIpc) is 3.69. The second-order valence-corrected chi connectivity index (χ2v) is 8.31. The van der Waals surface area contributed by atoms with Gasteiger partial charge in [0, 0.05) is 50.2 Å². The summed E-state index contributed by atoms with van der Waals surface area (Å²) >= 11 is 0. The number of hydrogen-bond acceptors (Lipinski definition) is 10. The van der Waals surface area contributed by atoms with Crippen LogP contribution in [0.5, 0.6) is 0 Å². The summed E-state index contributed by atoms with van der Waals surface area (Å²) in [5, 5.41) is 15.5. The van der Waals surface area contributed by atoms with E-state index in [1.807, 2.05) is 0 Å². The zero-order chi connectivity index (χ0) is 23.1. The van der Waals surface area contributed by atoms with Crippen LogP contribution < -0.4 is 15.5 Å². The molecule has 0 aromatic carbocycles. The highest BCUT2D eigenvalue weighted by atomic mass is 16.5. The maximum atomic E-state index is 11.3. The number of nitrogens with zero attached hydrogens (tertiary/aromatic N) is 5. The number of ether oxygens (including phenoxy) is 2. The minimum atomic E-state index is -1.25. The number of carbonyl (C=O) groups is 1. The SMILES string of the molecule is CCc1cc(NC2CC2)nc(N2CCOCC2)n1.O=C(O)C1(N2CCOCC2)C=CNC=N1. The lowest BCUT2D eigenvalue weighted by Crippen LogP contribution is -2.57. The van der Waals surface area contributed by atoms with Crippen molar-refractivity contribution < 1.29 is 19.4 Å². The van der Waals surface area contributed by atoms with Gasteiger partial charge in [0.1, 0.15) is 5.82 Å². The Labute approximate surface area is 193 Å². The van der Waals surface area contributed by atoms with Crippen LogP contribution in [-0.4, -0.2) is 96.6 Å². The molecule has 1 aromatic rings. The van der Waals surface area contributed by atoms with Crippen molar-refractivity contribution in [3.05, 3.63) is 24.0 Å². The highest BCUT2D eigenvalue weighted by molar-refractivity contribution is 5.84. The molecule has 0 radical (unpaired) electrons. The van der Waals surface area contributed by atoms with E-state index in [1.165, 1.54) is 19.2 Å². The number of carboxylic acid groups (broad SMARTS) is 1. The first kappa shape index (κ1) is 23.4. The molecule has 180 valence electrons. The molecule has 33 heavy (non-hydrogen) atoms. The van der Waals surface area contributed by atoms with Crippen LogP contribution in [-0.2, 0) is 20.7 Å². The first-order valence-corrected chi connectivity index (χ1v) is 11.6. The topological polar surface area (TPSA) is 124 Å². The Morgan fingerprint density at radius 2 is 1.88 bits per heavy atom. The second-order valence-electron chi connectivity index (χ2n) is 8.31. The summed E-state index contributed by atoms with van der Waals surface area (Å²) in [5.41, 5.74) is -0.149. The van der Waals surface area contributed by atoms with E-state index in [0.29, 0.717) is 32.3 Å². The monoisotopic (exact) mass is 459 g/mol. The van der Waals surface area contributed by atoms with Crippen molar-refractivity contribution in [2.45, 2.75) is 37.9 Å². The maximum absolute atomic E-state index is 11.3. The van der Waals surface area contributed by atoms with Gasteiger partial charge >= 0.3 is 5.97 Å². The highest BCUT2D eigenvalue weighted by Gasteiger charge is 2.43. The van der Waals surface area contributed by atoms with E-state index >= 15 is 0 Å². The van der Waals surface area contributed by atoms with Crippen molar-refractivity contribution in [2.24, 2.45) is 4.99 Å². The van der Waals surface area contributed by atoms with Crippen LogP contribution >= 0.6 is 0 Å². The fraction of sp³-hybridized carbons (Fsp3) is 0.636. The summed E-state index contributed by atoms with van der Waals surface area (Å²) in [6.45, 7) is 7.69. The van der Waals surface area contributed by atoms with Gasteiger partial charge < -0.3 is 30.1 Å². The molecule has 3 N–H and O–H groups in total. The largest absolute Gasteiger partial charge is 0.478 e. The van der Waals surface area contributed by atoms with Gasteiger partial charge in [0.05, 0.1) is 32.8 Å². The predicted octanol–water partition coefficient (Wildman–Crippen LogP) is 0.695. The smallest absolute Gasteiger partial charge is 0.351 e. The molecular formula is C22H33N7O4. The Bertz CT molecular complexity index is 850. The summed E-state index contributed by atoms with van der Waals surface area (Å²) in [5.74, 6) is 0.866. The van der Waals surface area contributed by atoms with E-state index in [9.17, 15) is 9.90 Å². The van der Waals surface area contributed by atoms with Crippen molar-refractivity contribution in [3.8, 4) is 0 Å². The fourth-order valence-electron chi connectivity index (χ4n) is 3.82. The molecule has 0 amide bonds. The third-order valence-electron chi connectivity index (χ3n) is 5.91. The number of rotatable bonds is 6. The molecule has 3 aliphatic heterocycles. The van der Waals surface area contributed by atoms with E-state index in [0.717, 1.165) is 50.2 Å². The van der Waals surface area contributed by atoms with E-state index < -0.39 is 11.6 Å². The first-order chi connectivity index (χ1) is 16.1. The van der Waals surface area contributed by atoms with E-state index in [4.69, 9.17) is 9.47 Å². The molecule has 1 aliphatic carbocycles. The Balaban J connectivity index is 0.000000160. The van der Waals surface area contributed by atoms with Crippen LogP contribution in [0.15, 0.2) is 23.3 Å². The lowest BCUT2D eigenvalue weighted by molar-refractivity contribution is -0.150. The van der Waals surface area contributed by atoms with Crippen molar-refractivity contribution >= 4 is 24.1 Å². The highest BCUT2D eigenvalue weighted by Crippen LogP contribution is 2.25. The third-order valence-corrected chi connectivity index (χ3v) is 5.91. The minimum absolute atomic E-state index is 0.547. The summed E-state index contributed by atoms with van der Waals surface area (Å²) in [6.07, 6.45) is 8.02. The fourth-order valence-corrected chi connectivity index (χ4v) is 3.82. The lowest BCUT2D eigenvalue weighted by Gasteiger charge is -2.38. The molecule has 1 unspecified atom stereocenters. The first-order valence-electron chi connectivity index (χ1n) is 11.6. The Hall–Kier alpha value is -2.76. The Kier molecular flexibility index (Phi) is 7.73. The van der Waals surface area contributed by atoms with Crippen molar-refractivity contribution in [2.75, 3.05) is 62.8 Å². The quantitative estimate of drug-likeness (QED) is 0.560. The number of aryl methyl sites for hydroxylation is 1. The number of nitrogens with one attached hydrogen (secondary N) is 2. The number of anilines is 2. The summed E-state index contributed by atoms with van der Waals surface area (Å²) in [7, 11) is 0. The minimum Gasteiger partial charge on any atom is -0.478 e. The molecule has 11 heteroatoms. The number of carboxylic acids is 1. The molecule has 1 aromatic heterocycles. The van der Waals surface area contributed by atoms with Gasteiger partial charge in [-0.2, -0.15) is 4.98 Å². The second kappa shape index (κ2) is 10.9.